The van der Waals surface area contributed by atoms with Crippen molar-refractivity contribution in [1.82, 2.24) is 4.72 Å². The first-order valence-corrected chi connectivity index (χ1v) is 10.6. The summed E-state index contributed by atoms with van der Waals surface area (Å²) >= 11 is 6.09. The normalized spacial score (nSPS) is 11.1. The van der Waals surface area contributed by atoms with Crippen molar-refractivity contribution >= 4 is 44.8 Å². The Balaban J connectivity index is 1.66. The number of rotatable bonds is 7. The molecule has 0 unspecified atom stereocenters. The van der Waals surface area contributed by atoms with Gasteiger partial charge in [-0.1, -0.05) is 11.6 Å². The Kier molecular flexibility index (Phi) is 6.56. The van der Waals surface area contributed by atoms with Crippen molar-refractivity contribution < 1.29 is 22.4 Å². The van der Waals surface area contributed by atoms with Crippen molar-refractivity contribution in [2.75, 3.05) is 10.6 Å². The van der Waals surface area contributed by atoms with Crippen molar-refractivity contribution in [3.63, 3.8) is 0 Å². The number of hydrogen-bond donors (Lipinski definition) is 3. The van der Waals surface area contributed by atoms with Gasteiger partial charge in [-0.2, -0.15) is 0 Å². The van der Waals surface area contributed by atoms with Crippen molar-refractivity contribution in [3.05, 3.63) is 77.2 Å². The van der Waals surface area contributed by atoms with Crippen LogP contribution in [0.1, 0.15) is 23.0 Å². The van der Waals surface area contributed by atoms with Crippen LogP contribution in [0, 0.1) is 0 Å². The summed E-state index contributed by atoms with van der Waals surface area (Å²) in [5.41, 5.74) is 1.12. The van der Waals surface area contributed by atoms with Crippen molar-refractivity contribution in [1.29, 1.82) is 0 Å². The Bertz CT molecular complexity index is 1160. The van der Waals surface area contributed by atoms with Gasteiger partial charge >= 0.3 is 0 Å². The van der Waals surface area contributed by atoms with Gasteiger partial charge in [-0.05, 0) is 54.6 Å². The van der Waals surface area contributed by atoms with E-state index in [1.165, 1.54) is 43.5 Å². The molecular formula is C20H18ClN3O5S. The molecule has 156 valence electrons. The first-order chi connectivity index (χ1) is 14.2. The molecule has 3 rings (SSSR count). The summed E-state index contributed by atoms with van der Waals surface area (Å²) in [5.74, 6) is -0.217. The second-order valence-electron chi connectivity index (χ2n) is 6.26. The Hall–Kier alpha value is -3.14. The van der Waals surface area contributed by atoms with Gasteiger partial charge in [0.2, 0.25) is 15.9 Å². The molecule has 2 aromatic carbocycles. The van der Waals surface area contributed by atoms with Crippen LogP contribution in [0.15, 0.2) is 70.2 Å². The third kappa shape index (κ3) is 5.47. The van der Waals surface area contributed by atoms with Crippen molar-refractivity contribution in [2.45, 2.75) is 18.4 Å². The third-order valence-electron chi connectivity index (χ3n) is 3.98. The highest BCUT2D eigenvalue weighted by molar-refractivity contribution is 7.89. The Morgan fingerprint density at radius 3 is 2.37 bits per heavy atom. The minimum atomic E-state index is -3.75. The summed E-state index contributed by atoms with van der Waals surface area (Å²) in [6.07, 6.45) is 1.46. The van der Waals surface area contributed by atoms with E-state index in [4.69, 9.17) is 16.0 Å². The first-order valence-electron chi connectivity index (χ1n) is 8.75. The minimum absolute atomic E-state index is 0.0206. The molecule has 8 nitrogen and oxygen atoms in total. The maximum absolute atomic E-state index is 12.4. The van der Waals surface area contributed by atoms with E-state index in [0.717, 1.165) is 0 Å². The highest BCUT2D eigenvalue weighted by Crippen LogP contribution is 2.26. The molecule has 0 bridgehead atoms. The lowest BCUT2D eigenvalue weighted by molar-refractivity contribution is -0.114. The fourth-order valence-electron chi connectivity index (χ4n) is 2.54. The zero-order valence-electron chi connectivity index (χ0n) is 15.8. The van der Waals surface area contributed by atoms with Crippen LogP contribution in [0.25, 0.3) is 0 Å². The second-order valence-corrected chi connectivity index (χ2v) is 8.43. The molecule has 0 saturated carbocycles. The smallest absolute Gasteiger partial charge is 0.255 e. The van der Waals surface area contributed by atoms with E-state index in [1.807, 2.05) is 0 Å². The number of carbonyl (C=O) groups is 2. The van der Waals surface area contributed by atoms with Crippen LogP contribution in [-0.2, 0) is 21.4 Å². The van der Waals surface area contributed by atoms with Gasteiger partial charge in [-0.15, -0.1) is 0 Å². The standard InChI is InChI=1S/C20H18ClN3O5S/c1-13(25)23-19-9-6-15(11-18(19)21)24-20(26)14-4-7-17(8-5-14)30(27,28)22-12-16-3-2-10-29-16/h2-11,22H,12H2,1H3,(H,23,25)(H,24,26). The minimum Gasteiger partial charge on any atom is -0.468 e. The maximum atomic E-state index is 12.4. The second kappa shape index (κ2) is 9.12. The highest BCUT2D eigenvalue weighted by Gasteiger charge is 2.16. The topological polar surface area (TPSA) is 118 Å². The average molecular weight is 448 g/mol. The number of sulfonamides is 1. The van der Waals surface area contributed by atoms with Gasteiger partial charge in [0.1, 0.15) is 5.76 Å². The molecule has 3 N–H and O–H groups in total. The molecule has 2 amide bonds. The fourth-order valence-corrected chi connectivity index (χ4v) is 3.76. The fraction of sp³-hybridized carbons (Fsp3) is 0.100. The number of benzene rings is 2. The number of hydrogen-bond acceptors (Lipinski definition) is 5. The Morgan fingerprint density at radius 2 is 1.77 bits per heavy atom. The van der Waals surface area contributed by atoms with E-state index in [0.29, 0.717) is 17.1 Å². The van der Waals surface area contributed by atoms with Crippen molar-refractivity contribution in [3.8, 4) is 0 Å². The Labute approximate surface area is 178 Å². The Morgan fingerprint density at radius 1 is 1.03 bits per heavy atom. The highest BCUT2D eigenvalue weighted by atomic mass is 35.5. The van der Waals surface area contributed by atoms with Crippen LogP contribution >= 0.6 is 11.6 Å². The number of anilines is 2. The summed E-state index contributed by atoms with van der Waals surface area (Å²) in [4.78, 5) is 23.6. The van der Waals surface area contributed by atoms with Crippen LogP contribution in [-0.4, -0.2) is 20.2 Å². The number of furan rings is 1. The monoisotopic (exact) mass is 447 g/mol. The van der Waals surface area contributed by atoms with E-state index in [2.05, 4.69) is 15.4 Å². The van der Waals surface area contributed by atoms with Gasteiger partial charge in [0.05, 0.1) is 28.4 Å². The van der Waals surface area contributed by atoms with Gasteiger partial charge in [0, 0.05) is 18.2 Å². The van der Waals surface area contributed by atoms with E-state index in [1.54, 1.807) is 24.3 Å². The maximum Gasteiger partial charge on any atom is 0.255 e. The molecule has 30 heavy (non-hydrogen) atoms. The molecule has 0 aliphatic carbocycles. The van der Waals surface area contributed by atoms with E-state index < -0.39 is 15.9 Å². The predicted octanol–water partition coefficient (Wildman–Crippen LogP) is 3.62. The van der Waals surface area contributed by atoms with Gasteiger partial charge in [0.15, 0.2) is 0 Å². The lowest BCUT2D eigenvalue weighted by Gasteiger charge is -2.10. The average Bonchev–Trinajstić information content (AvgIpc) is 3.22. The van der Waals surface area contributed by atoms with Gasteiger partial charge < -0.3 is 15.1 Å². The molecular weight excluding hydrogens is 430 g/mol. The zero-order valence-corrected chi connectivity index (χ0v) is 17.4. The molecule has 0 spiro atoms. The quantitative estimate of drug-likeness (QED) is 0.511. The zero-order chi connectivity index (χ0) is 21.7. The van der Waals surface area contributed by atoms with Crippen LogP contribution in [0.4, 0.5) is 11.4 Å². The molecule has 1 aromatic heterocycles. The molecule has 0 aliphatic heterocycles. The largest absolute Gasteiger partial charge is 0.468 e. The lowest BCUT2D eigenvalue weighted by Crippen LogP contribution is -2.23. The summed E-state index contributed by atoms with van der Waals surface area (Å²) in [6, 6.07) is 13.5. The summed E-state index contributed by atoms with van der Waals surface area (Å²) < 4.78 is 32.2. The van der Waals surface area contributed by atoms with Crippen LogP contribution < -0.4 is 15.4 Å². The molecule has 1 heterocycles. The molecule has 3 aromatic rings. The van der Waals surface area contributed by atoms with Crippen molar-refractivity contribution in [2.24, 2.45) is 0 Å². The van der Waals surface area contributed by atoms with Gasteiger partial charge in [0.25, 0.3) is 5.91 Å². The molecule has 0 fully saturated rings. The number of halogens is 1. The molecule has 0 radical (unpaired) electrons. The van der Waals surface area contributed by atoms with Gasteiger partial charge in [-0.25, -0.2) is 13.1 Å². The van der Waals surface area contributed by atoms with Crippen LogP contribution in [0.2, 0.25) is 5.02 Å². The van der Waals surface area contributed by atoms with E-state index >= 15 is 0 Å². The summed E-state index contributed by atoms with van der Waals surface area (Å²) in [6.45, 7) is 1.38. The molecule has 0 aliphatic rings. The van der Waals surface area contributed by atoms with Crippen LogP contribution in [0.5, 0.6) is 0 Å². The molecule has 0 saturated heterocycles. The number of amides is 2. The SMILES string of the molecule is CC(=O)Nc1ccc(NC(=O)c2ccc(S(=O)(=O)NCc3ccco3)cc2)cc1Cl. The van der Waals surface area contributed by atoms with Gasteiger partial charge in [-0.3, -0.25) is 9.59 Å². The number of carbonyl (C=O) groups excluding carboxylic acids is 2. The first kappa shape index (κ1) is 21.6. The third-order valence-corrected chi connectivity index (χ3v) is 5.71. The molecule has 0 atom stereocenters. The number of nitrogens with one attached hydrogen (secondary N) is 3. The lowest BCUT2D eigenvalue weighted by atomic mass is 10.2. The van der Waals surface area contributed by atoms with E-state index in [-0.39, 0.29) is 27.9 Å². The predicted molar refractivity (Wildman–Crippen MR) is 113 cm³/mol. The molecule has 10 heteroatoms. The summed E-state index contributed by atoms with van der Waals surface area (Å²) in [7, 11) is -3.75. The summed E-state index contributed by atoms with van der Waals surface area (Å²) in [5, 5.41) is 5.51. The van der Waals surface area contributed by atoms with E-state index in [9.17, 15) is 18.0 Å². The van der Waals surface area contributed by atoms with Crippen LogP contribution in [0.3, 0.4) is 0 Å².